The summed E-state index contributed by atoms with van der Waals surface area (Å²) in [5, 5.41) is 12.2. The quantitative estimate of drug-likeness (QED) is 0.925. The predicted octanol–water partition coefficient (Wildman–Crippen LogP) is 3.02. The summed E-state index contributed by atoms with van der Waals surface area (Å²) >= 11 is 1.35. The highest BCUT2D eigenvalue weighted by atomic mass is 32.1. The average molecular weight is 344 g/mol. The van der Waals surface area contributed by atoms with Gasteiger partial charge in [-0.3, -0.25) is 9.59 Å². The molecule has 0 saturated carbocycles. The fourth-order valence-electron chi connectivity index (χ4n) is 2.67. The Morgan fingerprint density at radius 3 is 2.83 bits per heavy atom. The smallest absolute Gasteiger partial charge is 0.227 e. The maximum atomic E-state index is 12.4. The van der Waals surface area contributed by atoms with Crippen molar-refractivity contribution in [2.45, 2.75) is 39.5 Å². The molecule has 6 nitrogen and oxygen atoms in total. The number of nitrogens with zero attached hydrogens (tertiary/aromatic N) is 3. The molecule has 2 aromatic rings. The molecule has 1 fully saturated rings. The fraction of sp³-hybridized carbons (Fsp3) is 0.412. The minimum atomic E-state index is -0.0862. The van der Waals surface area contributed by atoms with Gasteiger partial charge in [0.05, 0.1) is 0 Å². The van der Waals surface area contributed by atoms with Gasteiger partial charge in [0.2, 0.25) is 16.9 Å². The van der Waals surface area contributed by atoms with Crippen molar-refractivity contribution >= 4 is 34.0 Å². The van der Waals surface area contributed by atoms with Gasteiger partial charge in [0.25, 0.3) is 0 Å². The third-order valence-electron chi connectivity index (χ3n) is 4.28. The van der Waals surface area contributed by atoms with E-state index in [-0.39, 0.29) is 17.7 Å². The van der Waals surface area contributed by atoms with Crippen molar-refractivity contribution in [1.29, 1.82) is 0 Å². The van der Waals surface area contributed by atoms with Gasteiger partial charge in [-0.05, 0) is 37.1 Å². The van der Waals surface area contributed by atoms with E-state index in [1.165, 1.54) is 22.5 Å². The number of hydrogen-bond donors (Lipinski definition) is 1. The van der Waals surface area contributed by atoms with Gasteiger partial charge in [0.15, 0.2) is 0 Å². The number of anilines is 2. The molecule has 2 heterocycles. The van der Waals surface area contributed by atoms with E-state index < -0.39 is 0 Å². The van der Waals surface area contributed by atoms with Crippen LogP contribution in [0, 0.1) is 13.8 Å². The number of hydrogen-bond acceptors (Lipinski definition) is 5. The first-order chi connectivity index (χ1) is 11.5. The number of carbonyl (C=O) groups is 2. The molecule has 0 bridgehead atoms. The van der Waals surface area contributed by atoms with Gasteiger partial charge >= 0.3 is 0 Å². The summed E-state index contributed by atoms with van der Waals surface area (Å²) in [5.41, 5.74) is 3.31. The number of amides is 2. The molecular formula is C17H20N4O2S. The van der Waals surface area contributed by atoms with Gasteiger partial charge in [-0.2, -0.15) is 0 Å². The van der Waals surface area contributed by atoms with Crippen LogP contribution in [0.1, 0.15) is 41.8 Å². The summed E-state index contributed by atoms with van der Waals surface area (Å²) in [7, 11) is 0. The van der Waals surface area contributed by atoms with Crippen LogP contribution in [-0.2, 0) is 9.59 Å². The zero-order valence-electron chi connectivity index (χ0n) is 14.0. The third kappa shape index (κ3) is 3.31. The monoisotopic (exact) mass is 344 g/mol. The minimum Gasteiger partial charge on any atom is -0.312 e. The third-order valence-corrected chi connectivity index (χ3v) is 5.29. The van der Waals surface area contributed by atoms with Crippen molar-refractivity contribution in [1.82, 2.24) is 10.2 Å². The lowest BCUT2D eigenvalue weighted by atomic mass is 10.1. The van der Waals surface area contributed by atoms with Crippen LogP contribution in [0.3, 0.4) is 0 Å². The second-order valence-corrected chi connectivity index (χ2v) is 7.03. The maximum Gasteiger partial charge on any atom is 0.227 e. The summed E-state index contributed by atoms with van der Waals surface area (Å²) in [4.78, 5) is 25.6. The number of nitrogens with one attached hydrogen (secondary N) is 1. The minimum absolute atomic E-state index is 0.0175. The highest BCUT2D eigenvalue weighted by molar-refractivity contribution is 7.15. The van der Waals surface area contributed by atoms with E-state index in [1.807, 2.05) is 30.0 Å². The van der Waals surface area contributed by atoms with E-state index in [1.54, 1.807) is 6.92 Å². The largest absolute Gasteiger partial charge is 0.312 e. The number of carbonyl (C=O) groups excluding carboxylic acids is 2. The fourth-order valence-corrected chi connectivity index (χ4v) is 3.52. The highest BCUT2D eigenvalue weighted by Crippen LogP contribution is 2.34. The predicted molar refractivity (Wildman–Crippen MR) is 94.5 cm³/mol. The molecule has 1 atom stereocenters. The Morgan fingerprint density at radius 1 is 1.33 bits per heavy atom. The van der Waals surface area contributed by atoms with Gasteiger partial charge in [-0.25, -0.2) is 0 Å². The molecule has 2 amide bonds. The molecule has 24 heavy (non-hydrogen) atoms. The second kappa shape index (κ2) is 6.68. The standard InChI is InChI=1S/C17H20N4O2S/c1-4-14(22)18-17-20-19-16(24-17)12-8-15(23)21(9-12)13-6-5-10(2)11(3)7-13/h5-7,12H,4,8-9H2,1-3H3,(H,18,20,22). The van der Waals surface area contributed by atoms with Crippen LogP contribution in [0.5, 0.6) is 0 Å². The van der Waals surface area contributed by atoms with Gasteiger partial charge in [-0.15, -0.1) is 10.2 Å². The lowest BCUT2D eigenvalue weighted by Gasteiger charge is -2.17. The Bertz CT molecular complexity index is 787. The summed E-state index contributed by atoms with van der Waals surface area (Å²) in [6.07, 6.45) is 0.820. The number of aromatic nitrogens is 2. The van der Waals surface area contributed by atoms with Crippen molar-refractivity contribution in [3.05, 3.63) is 34.3 Å². The Labute approximate surface area is 144 Å². The first-order valence-electron chi connectivity index (χ1n) is 7.98. The van der Waals surface area contributed by atoms with Crippen LogP contribution in [-0.4, -0.2) is 28.6 Å². The van der Waals surface area contributed by atoms with E-state index in [0.29, 0.717) is 24.5 Å². The Morgan fingerprint density at radius 2 is 2.12 bits per heavy atom. The van der Waals surface area contributed by atoms with Crippen molar-refractivity contribution < 1.29 is 9.59 Å². The van der Waals surface area contributed by atoms with E-state index in [2.05, 4.69) is 22.4 Å². The van der Waals surface area contributed by atoms with Gasteiger partial charge in [0.1, 0.15) is 5.01 Å². The summed E-state index contributed by atoms with van der Waals surface area (Å²) in [6.45, 7) is 6.48. The van der Waals surface area contributed by atoms with Crippen LogP contribution in [0.15, 0.2) is 18.2 Å². The van der Waals surface area contributed by atoms with Crippen molar-refractivity contribution in [3.63, 3.8) is 0 Å². The Kier molecular flexibility index (Phi) is 4.62. The molecule has 0 spiro atoms. The van der Waals surface area contributed by atoms with Crippen molar-refractivity contribution in [2.24, 2.45) is 0 Å². The highest BCUT2D eigenvalue weighted by Gasteiger charge is 2.34. The molecule has 1 aromatic carbocycles. The van der Waals surface area contributed by atoms with Crippen molar-refractivity contribution in [3.8, 4) is 0 Å². The molecule has 126 valence electrons. The topological polar surface area (TPSA) is 75.2 Å². The van der Waals surface area contributed by atoms with Crippen LogP contribution < -0.4 is 10.2 Å². The molecule has 1 aliphatic heterocycles. The summed E-state index contributed by atoms with van der Waals surface area (Å²) < 4.78 is 0. The Hall–Kier alpha value is -2.28. The second-order valence-electron chi connectivity index (χ2n) is 6.02. The first kappa shape index (κ1) is 16.6. The molecular weight excluding hydrogens is 324 g/mol. The van der Waals surface area contributed by atoms with Crippen molar-refractivity contribution in [2.75, 3.05) is 16.8 Å². The zero-order chi connectivity index (χ0) is 17.3. The molecule has 1 aromatic heterocycles. The summed E-state index contributed by atoms with van der Waals surface area (Å²) in [6, 6.07) is 6.06. The van der Waals surface area contributed by atoms with Crippen LogP contribution in [0.4, 0.5) is 10.8 Å². The lowest BCUT2D eigenvalue weighted by molar-refractivity contribution is -0.117. The van der Waals surface area contributed by atoms with E-state index in [0.717, 1.165) is 10.7 Å². The summed E-state index contributed by atoms with van der Waals surface area (Å²) in [5.74, 6) is 0.0263. The maximum absolute atomic E-state index is 12.4. The molecule has 1 aliphatic rings. The molecule has 0 aliphatic carbocycles. The average Bonchev–Trinajstić information content (AvgIpc) is 3.16. The van der Waals surface area contributed by atoms with Crippen LogP contribution in [0.25, 0.3) is 0 Å². The molecule has 1 saturated heterocycles. The number of rotatable bonds is 4. The van der Waals surface area contributed by atoms with Crippen LogP contribution in [0.2, 0.25) is 0 Å². The molecule has 7 heteroatoms. The lowest BCUT2D eigenvalue weighted by Crippen LogP contribution is -2.24. The number of aryl methyl sites for hydroxylation is 2. The molecule has 3 rings (SSSR count). The van der Waals surface area contributed by atoms with E-state index in [4.69, 9.17) is 0 Å². The van der Waals surface area contributed by atoms with E-state index >= 15 is 0 Å². The molecule has 1 unspecified atom stereocenters. The normalized spacial score (nSPS) is 17.4. The van der Waals surface area contributed by atoms with Gasteiger partial charge in [0, 0.05) is 31.0 Å². The zero-order valence-corrected chi connectivity index (χ0v) is 14.8. The van der Waals surface area contributed by atoms with Gasteiger partial charge in [-0.1, -0.05) is 24.3 Å². The Balaban J connectivity index is 1.74. The van der Waals surface area contributed by atoms with E-state index in [9.17, 15) is 9.59 Å². The SMILES string of the molecule is CCC(=O)Nc1nnc(C2CC(=O)N(c3ccc(C)c(C)c3)C2)s1. The molecule has 1 N–H and O–H groups in total. The number of benzene rings is 1. The first-order valence-corrected chi connectivity index (χ1v) is 8.80. The van der Waals surface area contributed by atoms with Crippen LogP contribution >= 0.6 is 11.3 Å². The molecule has 0 radical (unpaired) electrons. The van der Waals surface area contributed by atoms with Gasteiger partial charge < -0.3 is 10.2 Å².